The number of nitrogens with zero attached hydrogens (tertiary/aromatic N) is 3. The van der Waals surface area contributed by atoms with Crippen LogP contribution in [0.3, 0.4) is 0 Å². The Morgan fingerprint density at radius 2 is 2.03 bits per heavy atom. The van der Waals surface area contributed by atoms with Gasteiger partial charge in [0, 0.05) is 32.9 Å². The quantitative estimate of drug-likeness (QED) is 0.214. The van der Waals surface area contributed by atoms with E-state index in [9.17, 15) is 15.2 Å². The zero-order valence-corrected chi connectivity index (χ0v) is 16.9. The summed E-state index contributed by atoms with van der Waals surface area (Å²) in [6.45, 7) is 0. The lowest BCUT2D eigenvalue weighted by Gasteiger charge is -2.01. The highest BCUT2D eigenvalue weighted by Gasteiger charge is 2.17. The number of rotatable bonds is 4. The van der Waals surface area contributed by atoms with Crippen molar-refractivity contribution < 1.29 is 14.4 Å². The number of aromatic nitrogens is 1. The third kappa shape index (κ3) is 3.98. The molecule has 3 aromatic carbocycles. The molecule has 0 bridgehead atoms. The van der Waals surface area contributed by atoms with Gasteiger partial charge >= 0.3 is 5.69 Å². The molecule has 29 heavy (non-hydrogen) atoms. The van der Waals surface area contributed by atoms with Gasteiger partial charge in [-0.25, -0.2) is 4.98 Å². The van der Waals surface area contributed by atoms with Crippen molar-refractivity contribution in [3.05, 3.63) is 79.8 Å². The van der Waals surface area contributed by atoms with Gasteiger partial charge in [-0.15, -0.1) is 0 Å². The van der Waals surface area contributed by atoms with Crippen molar-refractivity contribution in [1.29, 1.82) is 0 Å². The van der Waals surface area contributed by atoms with Crippen LogP contribution in [-0.4, -0.2) is 21.2 Å². The van der Waals surface area contributed by atoms with Gasteiger partial charge in [-0.2, -0.15) is 0 Å². The van der Waals surface area contributed by atoms with E-state index >= 15 is 0 Å². The fraction of sp³-hybridized carbons (Fsp3) is 0. The summed E-state index contributed by atoms with van der Waals surface area (Å²) in [7, 11) is 0. The molecular weight excluding hydrogens is 462 g/mol. The van der Waals surface area contributed by atoms with E-state index in [4.69, 9.17) is 16.0 Å². The third-order valence-corrected chi connectivity index (χ3v) is 4.79. The highest BCUT2D eigenvalue weighted by molar-refractivity contribution is 9.10. The molecule has 0 atom stereocenters. The van der Waals surface area contributed by atoms with Crippen LogP contribution < -0.4 is 0 Å². The monoisotopic (exact) mass is 471 g/mol. The molecule has 4 rings (SSSR count). The normalized spacial score (nSPS) is 11.4. The average molecular weight is 473 g/mol. The second-order valence-corrected chi connectivity index (χ2v) is 7.41. The zero-order valence-electron chi connectivity index (χ0n) is 14.5. The van der Waals surface area contributed by atoms with Crippen LogP contribution in [0.5, 0.6) is 5.75 Å². The van der Waals surface area contributed by atoms with Gasteiger partial charge in [-0.1, -0.05) is 33.6 Å². The lowest BCUT2D eigenvalue weighted by molar-refractivity contribution is -0.385. The van der Waals surface area contributed by atoms with Gasteiger partial charge < -0.3 is 9.52 Å². The highest BCUT2D eigenvalue weighted by Crippen LogP contribution is 2.33. The van der Waals surface area contributed by atoms with E-state index in [1.165, 1.54) is 12.3 Å². The van der Waals surface area contributed by atoms with Gasteiger partial charge in [-0.3, -0.25) is 15.1 Å². The van der Waals surface area contributed by atoms with Crippen LogP contribution in [0, 0.1) is 10.1 Å². The number of oxazole rings is 1. The Balaban J connectivity index is 1.68. The second-order valence-electron chi connectivity index (χ2n) is 6.06. The Morgan fingerprint density at radius 3 is 2.79 bits per heavy atom. The number of halogens is 2. The number of phenolic OH excluding ortho intramolecular Hbond substituents is 1. The van der Waals surface area contributed by atoms with E-state index in [-0.39, 0.29) is 10.6 Å². The number of aromatic hydroxyl groups is 1. The van der Waals surface area contributed by atoms with Gasteiger partial charge in [0.05, 0.1) is 10.6 Å². The number of hydrogen-bond donors (Lipinski definition) is 1. The molecule has 0 fully saturated rings. The van der Waals surface area contributed by atoms with Crippen LogP contribution in [0.15, 0.2) is 68.5 Å². The average Bonchev–Trinajstić information content (AvgIpc) is 3.11. The van der Waals surface area contributed by atoms with Crippen molar-refractivity contribution in [2.45, 2.75) is 0 Å². The predicted molar refractivity (Wildman–Crippen MR) is 114 cm³/mol. The first-order valence-electron chi connectivity index (χ1n) is 8.28. The minimum Gasteiger partial charge on any atom is -0.502 e. The van der Waals surface area contributed by atoms with Crippen LogP contribution in [0.1, 0.15) is 5.56 Å². The fourth-order valence-electron chi connectivity index (χ4n) is 2.73. The van der Waals surface area contributed by atoms with Crippen LogP contribution >= 0.6 is 27.5 Å². The summed E-state index contributed by atoms with van der Waals surface area (Å²) in [6, 6.07) is 15.2. The molecule has 1 heterocycles. The molecule has 4 aromatic rings. The molecule has 0 aliphatic heterocycles. The summed E-state index contributed by atoms with van der Waals surface area (Å²) in [5.41, 5.74) is 2.23. The van der Waals surface area contributed by atoms with E-state index in [1.54, 1.807) is 18.2 Å². The summed E-state index contributed by atoms with van der Waals surface area (Å²) in [5.74, 6) is -0.0202. The van der Waals surface area contributed by atoms with Crippen LogP contribution in [0.4, 0.5) is 11.4 Å². The highest BCUT2D eigenvalue weighted by atomic mass is 79.9. The molecule has 0 radical (unpaired) electrons. The predicted octanol–water partition coefficient (Wildman–Crippen LogP) is 6.28. The number of hydrogen-bond acceptors (Lipinski definition) is 6. The topological polar surface area (TPSA) is 102 Å². The SMILES string of the molecule is O=[N+]([O-])c1cc(Cl)cc(C=Nc2ccc3oc(-c4cccc(Br)c4)nc3c2)c1O. The smallest absolute Gasteiger partial charge is 0.312 e. The van der Waals surface area contributed by atoms with Crippen molar-refractivity contribution in [2.75, 3.05) is 0 Å². The third-order valence-electron chi connectivity index (χ3n) is 4.08. The van der Waals surface area contributed by atoms with Gasteiger partial charge in [0.25, 0.3) is 0 Å². The molecule has 1 aromatic heterocycles. The first-order valence-corrected chi connectivity index (χ1v) is 9.45. The molecule has 0 saturated carbocycles. The molecule has 1 N–H and O–H groups in total. The molecule has 0 saturated heterocycles. The van der Waals surface area contributed by atoms with Crippen molar-refractivity contribution in [1.82, 2.24) is 4.98 Å². The molecule has 0 aliphatic rings. The molecule has 0 unspecified atom stereocenters. The summed E-state index contributed by atoms with van der Waals surface area (Å²) in [6.07, 6.45) is 1.31. The largest absolute Gasteiger partial charge is 0.502 e. The summed E-state index contributed by atoms with van der Waals surface area (Å²) in [5, 5.41) is 21.2. The lowest BCUT2D eigenvalue weighted by Crippen LogP contribution is -1.92. The molecule has 0 amide bonds. The van der Waals surface area contributed by atoms with Gasteiger partial charge in [0.15, 0.2) is 5.58 Å². The summed E-state index contributed by atoms with van der Waals surface area (Å²) in [4.78, 5) is 19.1. The molecule has 9 heteroatoms. The van der Waals surface area contributed by atoms with Crippen molar-refractivity contribution in [2.24, 2.45) is 4.99 Å². The van der Waals surface area contributed by atoms with E-state index < -0.39 is 16.4 Å². The van der Waals surface area contributed by atoms with E-state index in [2.05, 4.69) is 25.9 Å². The number of benzene rings is 3. The fourth-order valence-corrected chi connectivity index (χ4v) is 3.35. The maximum Gasteiger partial charge on any atom is 0.312 e. The van der Waals surface area contributed by atoms with E-state index in [0.717, 1.165) is 16.1 Å². The van der Waals surface area contributed by atoms with Crippen LogP contribution in [0.25, 0.3) is 22.6 Å². The molecule has 144 valence electrons. The molecule has 0 spiro atoms. The minimum atomic E-state index is -0.705. The van der Waals surface area contributed by atoms with Gasteiger partial charge in [0.1, 0.15) is 5.52 Å². The van der Waals surface area contributed by atoms with Crippen molar-refractivity contribution in [3.63, 3.8) is 0 Å². The summed E-state index contributed by atoms with van der Waals surface area (Å²) >= 11 is 9.32. The number of nitro groups is 1. The lowest BCUT2D eigenvalue weighted by atomic mass is 10.2. The van der Waals surface area contributed by atoms with E-state index in [0.29, 0.717) is 22.7 Å². The van der Waals surface area contributed by atoms with Gasteiger partial charge in [0.2, 0.25) is 11.6 Å². The van der Waals surface area contributed by atoms with Crippen LogP contribution in [0.2, 0.25) is 5.02 Å². The first kappa shape index (κ1) is 19.1. The summed E-state index contributed by atoms with van der Waals surface area (Å²) < 4.78 is 6.70. The minimum absolute atomic E-state index is 0.126. The standard InChI is InChI=1S/C20H11BrClN3O4/c21-13-3-1-2-11(6-13)20-24-16-9-15(4-5-18(16)29-20)23-10-12-7-14(22)8-17(19(12)26)25(27)28/h1-10,26H. The maximum absolute atomic E-state index is 11.0. The first-order chi connectivity index (χ1) is 13.9. The number of nitro benzene ring substituents is 1. The number of phenols is 1. The molecular formula is C20H11BrClN3O4. The Bertz CT molecular complexity index is 1290. The van der Waals surface area contributed by atoms with Crippen molar-refractivity contribution in [3.8, 4) is 17.2 Å². The Morgan fingerprint density at radius 1 is 1.21 bits per heavy atom. The molecule has 0 aliphatic carbocycles. The second kappa shape index (κ2) is 7.65. The Labute approximate surface area is 177 Å². The number of aliphatic imine (C=N–C) groups is 1. The Hall–Kier alpha value is -3.23. The van der Waals surface area contributed by atoms with Crippen molar-refractivity contribution >= 4 is 56.2 Å². The zero-order chi connectivity index (χ0) is 20.5. The maximum atomic E-state index is 11.0. The van der Waals surface area contributed by atoms with E-state index in [1.807, 2.05) is 24.3 Å². The van der Waals surface area contributed by atoms with Gasteiger partial charge in [-0.05, 0) is 42.5 Å². The molecule has 7 nitrogen and oxygen atoms in total. The van der Waals surface area contributed by atoms with Crippen LogP contribution in [-0.2, 0) is 0 Å². The number of fused-ring (bicyclic) bond motifs is 1. The Kier molecular flexibility index (Phi) is 5.04.